The Kier molecular flexibility index (Phi) is 3.74. The molecule has 1 saturated heterocycles. The molecule has 1 fully saturated rings. The predicted molar refractivity (Wildman–Crippen MR) is 93.0 cm³/mol. The van der Waals surface area contributed by atoms with Crippen molar-refractivity contribution >= 4 is 45.9 Å². The third-order valence-electron chi connectivity index (χ3n) is 4.12. The highest BCUT2D eigenvalue weighted by Gasteiger charge is 2.45. The van der Waals surface area contributed by atoms with Crippen LogP contribution >= 0.6 is 34.9 Å². The summed E-state index contributed by atoms with van der Waals surface area (Å²) in [5, 5.41) is 5.28. The zero-order chi connectivity index (χ0) is 15.2. The molecule has 2 aliphatic rings. The van der Waals surface area contributed by atoms with Gasteiger partial charge in [-0.3, -0.25) is 10.1 Å². The fraction of sp³-hybridized carbons (Fsp3) is 0.467. The quantitative estimate of drug-likeness (QED) is 0.875. The van der Waals surface area contributed by atoms with Crippen LogP contribution in [0.3, 0.4) is 0 Å². The standard InChI is InChI=1S/C15H16N2O2S3/c1-9-11-10(3-2-4-15(11)21-7-8-22-15)19-12(9)13(18)17-14-16-5-6-20-14/h5-6H,2-4,7-8H2,1H3,(H,16,17,18). The van der Waals surface area contributed by atoms with E-state index in [0.717, 1.165) is 24.2 Å². The molecular formula is C15H16N2O2S3. The van der Waals surface area contributed by atoms with Gasteiger partial charge in [0.2, 0.25) is 0 Å². The summed E-state index contributed by atoms with van der Waals surface area (Å²) in [6.45, 7) is 2.02. The van der Waals surface area contributed by atoms with Crippen LogP contribution in [0.15, 0.2) is 16.0 Å². The number of hydrogen-bond donors (Lipinski definition) is 1. The van der Waals surface area contributed by atoms with Gasteiger partial charge in [0.05, 0.1) is 4.08 Å². The molecule has 0 unspecified atom stereocenters. The second-order valence-corrected chi connectivity index (χ2v) is 9.39. The van der Waals surface area contributed by atoms with E-state index < -0.39 is 0 Å². The number of thioether (sulfide) groups is 2. The van der Waals surface area contributed by atoms with Gasteiger partial charge < -0.3 is 4.42 Å². The average Bonchev–Trinajstić information content (AvgIpc) is 3.21. The SMILES string of the molecule is Cc1c(C(=O)Nc2nccs2)oc2c1C1(CCC2)SCCS1. The predicted octanol–water partition coefficient (Wildman–Crippen LogP) is 4.27. The normalized spacial score (nSPS) is 19.3. The number of aryl methyl sites for hydroxylation is 1. The monoisotopic (exact) mass is 352 g/mol. The van der Waals surface area contributed by atoms with E-state index in [1.807, 2.05) is 35.8 Å². The molecule has 0 atom stereocenters. The number of thiazole rings is 1. The molecule has 1 amide bonds. The number of hydrogen-bond acceptors (Lipinski definition) is 6. The van der Waals surface area contributed by atoms with E-state index in [9.17, 15) is 4.79 Å². The topological polar surface area (TPSA) is 55.1 Å². The van der Waals surface area contributed by atoms with Gasteiger partial charge in [-0.2, -0.15) is 0 Å². The lowest BCUT2D eigenvalue weighted by atomic mass is 9.94. The molecule has 0 radical (unpaired) electrons. The number of fused-ring (bicyclic) bond motifs is 2. The Morgan fingerprint density at radius 2 is 2.23 bits per heavy atom. The smallest absolute Gasteiger partial charge is 0.293 e. The van der Waals surface area contributed by atoms with Crippen LogP contribution in [0.5, 0.6) is 0 Å². The highest BCUT2D eigenvalue weighted by atomic mass is 32.2. The van der Waals surface area contributed by atoms with E-state index in [1.165, 1.54) is 34.8 Å². The summed E-state index contributed by atoms with van der Waals surface area (Å²) in [4.78, 5) is 16.6. The number of anilines is 1. The minimum atomic E-state index is -0.190. The third kappa shape index (κ3) is 2.30. The second kappa shape index (κ2) is 5.62. The number of carbonyl (C=O) groups is 1. The molecule has 1 N–H and O–H groups in total. The summed E-state index contributed by atoms with van der Waals surface area (Å²) >= 11 is 5.44. The van der Waals surface area contributed by atoms with E-state index in [0.29, 0.717) is 10.9 Å². The third-order valence-corrected chi connectivity index (χ3v) is 8.34. The van der Waals surface area contributed by atoms with E-state index in [1.54, 1.807) is 6.20 Å². The summed E-state index contributed by atoms with van der Waals surface area (Å²) in [7, 11) is 0. The molecule has 2 aromatic rings. The molecule has 2 aromatic heterocycles. The molecule has 116 valence electrons. The molecule has 0 aromatic carbocycles. The molecule has 4 rings (SSSR count). The molecule has 4 nitrogen and oxygen atoms in total. The van der Waals surface area contributed by atoms with Crippen LogP contribution in [-0.4, -0.2) is 22.4 Å². The first-order chi connectivity index (χ1) is 10.7. The Bertz CT molecular complexity index is 703. The van der Waals surface area contributed by atoms with Crippen molar-refractivity contribution in [3.05, 3.63) is 34.2 Å². The average molecular weight is 353 g/mol. The number of rotatable bonds is 2. The minimum absolute atomic E-state index is 0.112. The Morgan fingerprint density at radius 1 is 1.41 bits per heavy atom. The van der Waals surface area contributed by atoms with Crippen molar-refractivity contribution in [2.75, 3.05) is 16.8 Å². The fourth-order valence-electron chi connectivity index (χ4n) is 3.25. The van der Waals surface area contributed by atoms with E-state index >= 15 is 0 Å². The molecule has 22 heavy (non-hydrogen) atoms. The molecule has 1 aliphatic carbocycles. The molecule has 0 saturated carbocycles. The van der Waals surface area contributed by atoms with Crippen LogP contribution < -0.4 is 5.32 Å². The number of nitrogens with zero attached hydrogens (tertiary/aromatic N) is 1. The summed E-state index contributed by atoms with van der Waals surface area (Å²) < 4.78 is 6.08. The van der Waals surface area contributed by atoms with Crippen LogP contribution in [0, 0.1) is 6.92 Å². The van der Waals surface area contributed by atoms with Crippen LogP contribution in [0.2, 0.25) is 0 Å². The Labute approximate surface area is 141 Å². The van der Waals surface area contributed by atoms with Crippen LogP contribution in [-0.2, 0) is 10.5 Å². The number of amides is 1. The van der Waals surface area contributed by atoms with Gasteiger partial charge in [-0.15, -0.1) is 34.9 Å². The summed E-state index contributed by atoms with van der Waals surface area (Å²) in [6.07, 6.45) is 4.92. The number of nitrogens with one attached hydrogen (secondary N) is 1. The highest BCUT2D eigenvalue weighted by molar-refractivity contribution is 8.20. The lowest BCUT2D eigenvalue weighted by Gasteiger charge is -2.31. The van der Waals surface area contributed by atoms with Gasteiger partial charge in [0.1, 0.15) is 5.76 Å². The van der Waals surface area contributed by atoms with Crippen molar-refractivity contribution < 1.29 is 9.21 Å². The van der Waals surface area contributed by atoms with Crippen LogP contribution in [0.25, 0.3) is 0 Å². The van der Waals surface area contributed by atoms with Gasteiger partial charge in [-0.25, -0.2) is 4.98 Å². The zero-order valence-corrected chi connectivity index (χ0v) is 14.6. The fourth-order valence-corrected chi connectivity index (χ4v) is 7.34. The molecule has 3 heterocycles. The van der Waals surface area contributed by atoms with Gasteiger partial charge in [-0.1, -0.05) is 0 Å². The highest BCUT2D eigenvalue weighted by Crippen LogP contribution is 2.59. The van der Waals surface area contributed by atoms with Gasteiger partial charge in [-0.05, 0) is 19.8 Å². The number of carbonyl (C=O) groups excluding carboxylic acids is 1. The van der Waals surface area contributed by atoms with Crippen LogP contribution in [0.4, 0.5) is 5.13 Å². The molecular weight excluding hydrogens is 336 g/mol. The van der Waals surface area contributed by atoms with E-state index in [-0.39, 0.29) is 9.99 Å². The minimum Gasteiger partial charge on any atom is -0.455 e. The maximum absolute atomic E-state index is 12.5. The zero-order valence-electron chi connectivity index (χ0n) is 12.2. The molecule has 7 heteroatoms. The molecule has 1 aliphatic heterocycles. The van der Waals surface area contributed by atoms with Crippen molar-refractivity contribution in [3.8, 4) is 0 Å². The van der Waals surface area contributed by atoms with Crippen molar-refractivity contribution in [1.82, 2.24) is 4.98 Å². The summed E-state index contributed by atoms with van der Waals surface area (Å²) in [5.41, 5.74) is 2.28. The second-order valence-electron chi connectivity index (χ2n) is 5.45. The Hall–Kier alpha value is -0.920. The number of furan rings is 1. The van der Waals surface area contributed by atoms with Gasteiger partial charge >= 0.3 is 0 Å². The summed E-state index contributed by atoms with van der Waals surface area (Å²) in [6, 6.07) is 0. The van der Waals surface area contributed by atoms with Crippen molar-refractivity contribution in [2.45, 2.75) is 30.3 Å². The largest absolute Gasteiger partial charge is 0.455 e. The molecule has 1 spiro atoms. The maximum atomic E-state index is 12.5. The number of aromatic nitrogens is 1. The first kappa shape index (κ1) is 14.7. The van der Waals surface area contributed by atoms with Crippen LogP contribution in [0.1, 0.15) is 40.3 Å². The van der Waals surface area contributed by atoms with Gasteiger partial charge in [0, 0.05) is 40.6 Å². The van der Waals surface area contributed by atoms with Crippen molar-refractivity contribution in [2.24, 2.45) is 0 Å². The lowest BCUT2D eigenvalue weighted by molar-refractivity contribution is 0.0994. The van der Waals surface area contributed by atoms with Gasteiger partial charge in [0.15, 0.2) is 10.9 Å². The van der Waals surface area contributed by atoms with E-state index in [4.69, 9.17) is 4.42 Å². The van der Waals surface area contributed by atoms with Crippen molar-refractivity contribution in [1.29, 1.82) is 0 Å². The van der Waals surface area contributed by atoms with Crippen molar-refractivity contribution in [3.63, 3.8) is 0 Å². The Morgan fingerprint density at radius 3 is 2.95 bits per heavy atom. The first-order valence-electron chi connectivity index (χ1n) is 7.31. The first-order valence-corrected chi connectivity index (χ1v) is 10.2. The Balaban J connectivity index is 1.71. The summed E-state index contributed by atoms with van der Waals surface area (Å²) in [5.74, 6) is 3.62. The van der Waals surface area contributed by atoms with E-state index in [2.05, 4.69) is 10.3 Å². The maximum Gasteiger partial charge on any atom is 0.293 e. The van der Waals surface area contributed by atoms with Gasteiger partial charge in [0.25, 0.3) is 5.91 Å². The molecule has 0 bridgehead atoms. The lowest BCUT2D eigenvalue weighted by Crippen LogP contribution is -2.21.